The first-order chi connectivity index (χ1) is 11.8. The number of rotatable bonds is 7. The molecule has 1 aliphatic rings. The zero-order valence-electron chi connectivity index (χ0n) is 14.4. The van der Waals surface area contributed by atoms with Crippen LogP contribution in [0.25, 0.3) is 0 Å². The number of nitrogens with one attached hydrogen (secondary N) is 2. The Labute approximate surface area is 175 Å². The van der Waals surface area contributed by atoms with Crippen molar-refractivity contribution in [3.63, 3.8) is 0 Å². The minimum Gasteiger partial charge on any atom is -0.469 e. The monoisotopic (exact) mass is 491 g/mol. The molecule has 1 aliphatic carbocycles. The molecule has 2 unspecified atom stereocenters. The molecule has 4 nitrogen and oxygen atoms in total. The Morgan fingerprint density at radius 2 is 2.28 bits per heavy atom. The van der Waals surface area contributed by atoms with Gasteiger partial charge in [0.15, 0.2) is 5.96 Å². The fraction of sp³-hybridized carbons (Fsp3) is 0.500. The molecule has 7 heteroatoms. The van der Waals surface area contributed by atoms with Crippen LogP contribution >= 0.6 is 47.1 Å². The van der Waals surface area contributed by atoms with Gasteiger partial charge in [-0.1, -0.05) is 6.07 Å². The molecule has 2 heterocycles. The molecule has 0 spiro atoms. The van der Waals surface area contributed by atoms with Gasteiger partial charge < -0.3 is 15.1 Å². The Balaban J connectivity index is 0.00000225. The van der Waals surface area contributed by atoms with E-state index in [0.717, 1.165) is 36.5 Å². The van der Waals surface area contributed by atoms with E-state index >= 15 is 0 Å². The summed E-state index contributed by atoms with van der Waals surface area (Å²) in [5.41, 5.74) is 0. The van der Waals surface area contributed by atoms with Crippen LogP contribution in [0.4, 0.5) is 0 Å². The molecular weight excluding hydrogens is 465 g/mol. The summed E-state index contributed by atoms with van der Waals surface area (Å²) < 4.78 is 5.39. The van der Waals surface area contributed by atoms with Gasteiger partial charge in [0.25, 0.3) is 0 Å². The summed E-state index contributed by atoms with van der Waals surface area (Å²) in [5.74, 6) is 1.92. The molecule has 25 heavy (non-hydrogen) atoms. The number of guanidine groups is 1. The average molecular weight is 491 g/mol. The average Bonchev–Trinajstić information content (AvgIpc) is 3.34. The number of hydrogen-bond acceptors (Lipinski definition) is 4. The highest BCUT2D eigenvalue weighted by Crippen LogP contribution is 2.28. The van der Waals surface area contributed by atoms with E-state index in [-0.39, 0.29) is 24.0 Å². The number of thiophene rings is 1. The standard InChI is InChI=1S/C18H25N3OS2.HI/c1-23-16-7-6-14(12-16)21-18(20-13-17-5-3-11-24-17)19-9-8-15-4-2-10-22-15;/h2-5,10-11,14,16H,6-9,12-13H2,1H3,(H2,19,20,21);1H. The van der Waals surface area contributed by atoms with Crippen LogP contribution in [-0.4, -0.2) is 30.1 Å². The normalized spacial score (nSPS) is 20.3. The van der Waals surface area contributed by atoms with Crippen molar-refractivity contribution in [1.82, 2.24) is 10.6 Å². The second-order valence-electron chi connectivity index (χ2n) is 6.01. The van der Waals surface area contributed by atoms with E-state index in [1.54, 1.807) is 17.6 Å². The first-order valence-corrected chi connectivity index (χ1v) is 10.6. The summed E-state index contributed by atoms with van der Waals surface area (Å²) in [6.07, 6.45) is 8.54. The molecule has 1 fully saturated rings. The van der Waals surface area contributed by atoms with Gasteiger partial charge in [-0.25, -0.2) is 4.99 Å². The third-order valence-electron chi connectivity index (χ3n) is 4.28. The maximum absolute atomic E-state index is 5.39. The van der Waals surface area contributed by atoms with E-state index in [0.29, 0.717) is 6.04 Å². The molecule has 3 rings (SSSR count). The molecule has 1 saturated carbocycles. The molecular formula is C18H26IN3OS2. The lowest BCUT2D eigenvalue weighted by Crippen LogP contribution is -2.43. The number of aliphatic imine (C=N–C) groups is 1. The molecule has 2 aromatic rings. The number of thioether (sulfide) groups is 1. The van der Waals surface area contributed by atoms with Gasteiger partial charge in [0.05, 0.1) is 12.8 Å². The van der Waals surface area contributed by atoms with Crippen LogP contribution in [0.15, 0.2) is 45.3 Å². The Hall–Kier alpha value is -0.670. The number of furan rings is 1. The fourth-order valence-electron chi connectivity index (χ4n) is 2.95. The third-order valence-corrected chi connectivity index (χ3v) is 6.23. The summed E-state index contributed by atoms with van der Waals surface area (Å²) in [7, 11) is 0. The van der Waals surface area contributed by atoms with Gasteiger partial charge in [0.2, 0.25) is 0 Å². The predicted octanol–water partition coefficient (Wildman–Crippen LogP) is 4.52. The van der Waals surface area contributed by atoms with Gasteiger partial charge in [-0.15, -0.1) is 35.3 Å². The van der Waals surface area contributed by atoms with E-state index in [4.69, 9.17) is 9.41 Å². The van der Waals surface area contributed by atoms with Gasteiger partial charge in [0, 0.05) is 29.1 Å². The van der Waals surface area contributed by atoms with Crippen molar-refractivity contribution in [3.8, 4) is 0 Å². The van der Waals surface area contributed by atoms with Gasteiger partial charge in [-0.05, 0) is 49.1 Å². The smallest absolute Gasteiger partial charge is 0.191 e. The van der Waals surface area contributed by atoms with Gasteiger partial charge in [-0.3, -0.25) is 0 Å². The Morgan fingerprint density at radius 3 is 2.96 bits per heavy atom. The van der Waals surface area contributed by atoms with Crippen LogP contribution < -0.4 is 10.6 Å². The van der Waals surface area contributed by atoms with Crippen molar-refractivity contribution in [2.75, 3.05) is 12.8 Å². The van der Waals surface area contributed by atoms with Crippen LogP contribution in [0, 0.1) is 0 Å². The molecule has 2 aromatic heterocycles. The quantitative estimate of drug-likeness (QED) is 0.340. The molecule has 2 N–H and O–H groups in total. The lowest BCUT2D eigenvalue weighted by Gasteiger charge is -2.17. The highest BCUT2D eigenvalue weighted by atomic mass is 127. The van der Waals surface area contributed by atoms with Crippen molar-refractivity contribution in [2.45, 2.75) is 43.5 Å². The molecule has 0 saturated heterocycles. The molecule has 0 bridgehead atoms. The third kappa shape index (κ3) is 6.86. The zero-order chi connectivity index (χ0) is 16.6. The van der Waals surface area contributed by atoms with Crippen LogP contribution in [0.5, 0.6) is 0 Å². The van der Waals surface area contributed by atoms with E-state index in [2.05, 4.69) is 34.4 Å². The van der Waals surface area contributed by atoms with E-state index in [1.165, 1.54) is 24.1 Å². The minimum absolute atomic E-state index is 0. The molecule has 138 valence electrons. The number of halogens is 1. The maximum Gasteiger partial charge on any atom is 0.191 e. The summed E-state index contributed by atoms with van der Waals surface area (Å²) in [4.78, 5) is 6.05. The summed E-state index contributed by atoms with van der Waals surface area (Å²) in [6, 6.07) is 8.68. The zero-order valence-corrected chi connectivity index (χ0v) is 18.4. The Bertz CT molecular complexity index is 616. The van der Waals surface area contributed by atoms with Crippen LogP contribution in [0.2, 0.25) is 0 Å². The predicted molar refractivity (Wildman–Crippen MR) is 119 cm³/mol. The lowest BCUT2D eigenvalue weighted by atomic mass is 10.2. The molecule has 0 aromatic carbocycles. The van der Waals surface area contributed by atoms with Crippen LogP contribution in [0.3, 0.4) is 0 Å². The molecule has 0 aliphatic heterocycles. The minimum atomic E-state index is 0. The summed E-state index contributed by atoms with van der Waals surface area (Å²) in [6.45, 7) is 1.55. The van der Waals surface area contributed by atoms with Crippen molar-refractivity contribution in [1.29, 1.82) is 0 Å². The van der Waals surface area contributed by atoms with Crippen LogP contribution in [0.1, 0.15) is 29.9 Å². The van der Waals surface area contributed by atoms with Gasteiger partial charge >= 0.3 is 0 Å². The largest absolute Gasteiger partial charge is 0.469 e. The maximum atomic E-state index is 5.39. The van der Waals surface area contributed by atoms with Crippen molar-refractivity contribution in [3.05, 3.63) is 46.5 Å². The van der Waals surface area contributed by atoms with Crippen molar-refractivity contribution in [2.24, 2.45) is 4.99 Å². The topological polar surface area (TPSA) is 49.6 Å². The van der Waals surface area contributed by atoms with Crippen molar-refractivity contribution >= 4 is 53.0 Å². The second kappa shape index (κ2) is 11.1. The number of nitrogens with zero attached hydrogens (tertiary/aromatic N) is 1. The fourth-order valence-corrected chi connectivity index (χ4v) is 4.37. The molecule has 2 atom stereocenters. The highest BCUT2D eigenvalue weighted by Gasteiger charge is 2.24. The van der Waals surface area contributed by atoms with E-state index in [1.807, 2.05) is 23.9 Å². The Morgan fingerprint density at radius 1 is 1.36 bits per heavy atom. The first kappa shape index (κ1) is 20.6. The first-order valence-electron chi connectivity index (χ1n) is 8.46. The second-order valence-corrected chi connectivity index (χ2v) is 8.18. The molecule has 0 radical (unpaired) electrons. The SMILES string of the molecule is CSC1CCC(NC(=NCc2cccs2)NCCc2ccco2)C1.I. The molecule has 0 amide bonds. The van der Waals surface area contributed by atoms with Gasteiger partial charge in [0.1, 0.15) is 5.76 Å². The summed E-state index contributed by atoms with van der Waals surface area (Å²) >= 11 is 3.73. The van der Waals surface area contributed by atoms with Gasteiger partial charge in [-0.2, -0.15) is 11.8 Å². The van der Waals surface area contributed by atoms with Crippen molar-refractivity contribution < 1.29 is 4.42 Å². The highest BCUT2D eigenvalue weighted by molar-refractivity contribution is 14.0. The van der Waals surface area contributed by atoms with Crippen LogP contribution in [-0.2, 0) is 13.0 Å². The summed E-state index contributed by atoms with van der Waals surface area (Å²) in [5, 5.41) is 9.96. The Kier molecular flexibility index (Phi) is 9.19. The lowest BCUT2D eigenvalue weighted by molar-refractivity contribution is 0.506. The van der Waals surface area contributed by atoms with E-state index in [9.17, 15) is 0 Å². The van der Waals surface area contributed by atoms with E-state index < -0.39 is 0 Å². The number of hydrogen-bond donors (Lipinski definition) is 2.